The summed E-state index contributed by atoms with van der Waals surface area (Å²) in [6.45, 7) is 5.97. The molecule has 1 rings (SSSR count). The molecule has 1 fully saturated rings. The van der Waals surface area contributed by atoms with E-state index in [0.29, 0.717) is 30.6 Å². The molecular weight excluding hydrogens is 204 g/mol. The fourth-order valence-corrected chi connectivity index (χ4v) is 2.27. The highest BCUT2D eigenvalue weighted by Crippen LogP contribution is 2.30. The maximum atomic E-state index is 11.1. The van der Waals surface area contributed by atoms with Crippen molar-refractivity contribution in [3.63, 3.8) is 0 Å². The minimum Gasteiger partial charge on any atom is -0.462 e. The average molecular weight is 226 g/mol. The van der Waals surface area contributed by atoms with Crippen molar-refractivity contribution in [1.29, 1.82) is 0 Å². The third-order valence-electron chi connectivity index (χ3n) is 3.26. The second-order valence-electron chi connectivity index (χ2n) is 4.79. The Bertz CT molecular complexity index is 248. The third-order valence-corrected chi connectivity index (χ3v) is 3.26. The van der Waals surface area contributed by atoms with Crippen LogP contribution in [0.1, 0.15) is 39.0 Å². The average Bonchev–Trinajstić information content (AvgIpc) is 2.29. The minimum absolute atomic E-state index is 0.294. The van der Waals surface area contributed by atoms with Crippen molar-refractivity contribution in [3.8, 4) is 0 Å². The summed E-state index contributed by atoms with van der Waals surface area (Å²) in [6, 6.07) is 0. The summed E-state index contributed by atoms with van der Waals surface area (Å²) in [7, 11) is 0. The molecule has 0 radical (unpaired) electrons. The smallest absolute Gasteiger partial charge is 0.333 e. The molecule has 1 aliphatic rings. The van der Waals surface area contributed by atoms with E-state index < -0.39 is 0 Å². The van der Waals surface area contributed by atoms with Gasteiger partial charge in [0.15, 0.2) is 0 Å². The number of hydrogen-bond donors (Lipinski definition) is 1. The number of rotatable bonds is 5. The molecule has 2 unspecified atom stereocenters. The Balaban J connectivity index is 2.17. The van der Waals surface area contributed by atoms with Crippen LogP contribution in [0.4, 0.5) is 0 Å². The Kier molecular flexibility index (Phi) is 5.53. The zero-order valence-electron chi connectivity index (χ0n) is 10.1. The van der Waals surface area contributed by atoms with E-state index in [1.54, 1.807) is 6.92 Å². The largest absolute Gasteiger partial charge is 0.462 e. The monoisotopic (exact) mass is 226 g/mol. The summed E-state index contributed by atoms with van der Waals surface area (Å²) in [4.78, 5) is 11.1. The molecule has 0 bridgehead atoms. The van der Waals surface area contributed by atoms with Gasteiger partial charge in [0.2, 0.25) is 0 Å². The lowest BCUT2D eigenvalue weighted by molar-refractivity contribution is -0.139. The fourth-order valence-electron chi connectivity index (χ4n) is 2.27. The van der Waals surface area contributed by atoms with Crippen LogP contribution >= 0.6 is 0 Å². The van der Waals surface area contributed by atoms with Crippen LogP contribution in [0.25, 0.3) is 0 Å². The van der Waals surface area contributed by atoms with Gasteiger partial charge in [0.1, 0.15) is 0 Å². The number of aliphatic hydroxyl groups excluding tert-OH is 1. The van der Waals surface area contributed by atoms with E-state index >= 15 is 0 Å². The van der Waals surface area contributed by atoms with E-state index in [0.717, 1.165) is 19.3 Å². The molecule has 92 valence electrons. The molecule has 16 heavy (non-hydrogen) atoms. The molecule has 1 N–H and O–H groups in total. The minimum atomic E-state index is -0.297. The van der Waals surface area contributed by atoms with Crippen LogP contribution < -0.4 is 0 Å². The second-order valence-corrected chi connectivity index (χ2v) is 4.79. The molecule has 2 atom stereocenters. The fraction of sp³-hybridized carbons (Fsp3) is 0.769. The summed E-state index contributed by atoms with van der Waals surface area (Å²) >= 11 is 0. The Hall–Kier alpha value is -0.830. The van der Waals surface area contributed by atoms with Crippen molar-refractivity contribution in [2.45, 2.75) is 39.0 Å². The molecule has 3 nitrogen and oxygen atoms in total. The molecule has 0 saturated heterocycles. The van der Waals surface area contributed by atoms with Gasteiger partial charge in [-0.3, -0.25) is 0 Å². The Labute approximate surface area is 97.5 Å². The summed E-state index contributed by atoms with van der Waals surface area (Å²) in [5.74, 6) is 0.758. The Morgan fingerprint density at radius 2 is 2.12 bits per heavy atom. The van der Waals surface area contributed by atoms with Crippen LogP contribution in [-0.2, 0) is 9.53 Å². The summed E-state index contributed by atoms with van der Waals surface area (Å²) in [5.41, 5.74) is 0.455. The SMILES string of the molecule is C=C(C)C(=O)OCCC1CCCC(CO)C1. The van der Waals surface area contributed by atoms with E-state index in [2.05, 4.69) is 6.58 Å². The maximum absolute atomic E-state index is 11.1. The molecule has 0 aromatic rings. The first-order valence-electron chi connectivity index (χ1n) is 6.07. The van der Waals surface area contributed by atoms with Crippen LogP contribution in [0.5, 0.6) is 0 Å². The standard InChI is InChI=1S/C13H22O3/c1-10(2)13(15)16-7-6-11-4-3-5-12(8-11)9-14/h11-12,14H,1,3-9H2,2H3. The maximum Gasteiger partial charge on any atom is 0.333 e. The van der Waals surface area contributed by atoms with E-state index in [-0.39, 0.29) is 5.97 Å². The molecule has 1 aliphatic carbocycles. The summed E-state index contributed by atoms with van der Waals surface area (Å²) in [5, 5.41) is 9.10. The Morgan fingerprint density at radius 3 is 2.75 bits per heavy atom. The number of esters is 1. The normalized spacial score (nSPS) is 25.1. The molecular formula is C13H22O3. The van der Waals surface area contributed by atoms with Crippen molar-refractivity contribution in [1.82, 2.24) is 0 Å². The molecule has 0 aromatic carbocycles. The van der Waals surface area contributed by atoms with Gasteiger partial charge in [0, 0.05) is 12.2 Å². The third kappa shape index (κ3) is 4.35. The quantitative estimate of drug-likeness (QED) is 0.578. The highest BCUT2D eigenvalue weighted by atomic mass is 16.5. The van der Waals surface area contributed by atoms with Crippen LogP contribution in [0, 0.1) is 11.8 Å². The van der Waals surface area contributed by atoms with Gasteiger partial charge in [-0.25, -0.2) is 4.79 Å². The van der Waals surface area contributed by atoms with Crippen molar-refractivity contribution in [2.75, 3.05) is 13.2 Å². The second kappa shape index (κ2) is 6.69. The van der Waals surface area contributed by atoms with Crippen molar-refractivity contribution < 1.29 is 14.6 Å². The highest BCUT2D eigenvalue weighted by molar-refractivity contribution is 5.86. The molecule has 3 heteroatoms. The lowest BCUT2D eigenvalue weighted by atomic mass is 9.80. The van der Waals surface area contributed by atoms with E-state index in [1.165, 1.54) is 12.8 Å². The summed E-state index contributed by atoms with van der Waals surface area (Å²) in [6.07, 6.45) is 5.50. The molecule has 0 amide bonds. The molecule has 0 heterocycles. The van der Waals surface area contributed by atoms with E-state index in [9.17, 15) is 4.79 Å². The van der Waals surface area contributed by atoms with Crippen LogP contribution in [0.3, 0.4) is 0 Å². The topological polar surface area (TPSA) is 46.5 Å². The zero-order chi connectivity index (χ0) is 12.0. The van der Waals surface area contributed by atoms with E-state index in [1.807, 2.05) is 0 Å². The Morgan fingerprint density at radius 1 is 1.44 bits per heavy atom. The zero-order valence-corrected chi connectivity index (χ0v) is 10.1. The first-order valence-corrected chi connectivity index (χ1v) is 6.07. The first-order chi connectivity index (χ1) is 7.63. The molecule has 0 aliphatic heterocycles. The first kappa shape index (κ1) is 13.2. The van der Waals surface area contributed by atoms with Crippen molar-refractivity contribution >= 4 is 5.97 Å². The van der Waals surface area contributed by atoms with Crippen molar-refractivity contribution in [2.24, 2.45) is 11.8 Å². The van der Waals surface area contributed by atoms with Gasteiger partial charge >= 0.3 is 5.97 Å². The van der Waals surface area contributed by atoms with Gasteiger partial charge in [-0.2, -0.15) is 0 Å². The number of aliphatic hydroxyl groups is 1. The lowest BCUT2D eigenvalue weighted by Crippen LogP contribution is -2.20. The number of carbonyl (C=O) groups is 1. The van der Waals surface area contributed by atoms with Gasteiger partial charge in [0.05, 0.1) is 6.61 Å². The molecule has 0 spiro atoms. The van der Waals surface area contributed by atoms with Gasteiger partial charge in [-0.05, 0) is 38.0 Å². The highest BCUT2D eigenvalue weighted by Gasteiger charge is 2.21. The number of carbonyl (C=O) groups excluding carboxylic acids is 1. The van der Waals surface area contributed by atoms with Crippen LogP contribution in [-0.4, -0.2) is 24.3 Å². The predicted octanol–water partition coefficient (Wildman–Crippen LogP) is 2.29. The van der Waals surface area contributed by atoms with E-state index in [4.69, 9.17) is 9.84 Å². The lowest BCUT2D eigenvalue weighted by Gasteiger charge is -2.27. The van der Waals surface area contributed by atoms with Crippen LogP contribution in [0.2, 0.25) is 0 Å². The van der Waals surface area contributed by atoms with Gasteiger partial charge in [0.25, 0.3) is 0 Å². The van der Waals surface area contributed by atoms with Gasteiger partial charge in [-0.15, -0.1) is 0 Å². The molecule has 0 aromatic heterocycles. The summed E-state index contributed by atoms with van der Waals surface area (Å²) < 4.78 is 5.07. The number of ether oxygens (including phenoxy) is 1. The van der Waals surface area contributed by atoms with Gasteiger partial charge in [-0.1, -0.05) is 19.4 Å². The molecule has 1 saturated carbocycles. The number of hydrogen-bond acceptors (Lipinski definition) is 3. The van der Waals surface area contributed by atoms with Gasteiger partial charge < -0.3 is 9.84 Å². The predicted molar refractivity (Wildman–Crippen MR) is 62.9 cm³/mol. The van der Waals surface area contributed by atoms with Crippen LogP contribution in [0.15, 0.2) is 12.2 Å². The van der Waals surface area contributed by atoms with Crippen molar-refractivity contribution in [3.05, 3.63) is 12.2 Å².